The smallest absolute Gasteiger partial charge is 0.417 e. The molecule has 1 aromatic heterocycles. The molecule has 2 rings (SSSR count). The zero-order valence-corrected chi connectivity index (χ0v) is 11.9. The molecule has 1 aromatic carbocycles. The molecular weight excluding hydrogens is 362 g/mol. The van der Waals surface area contributed by atoms with E-state index in [1.165, 1.54) is 18.4 Å². The van der Waals surface area contributed by atoms with Gasteiger partial charge in [0.2, 0.25) is 0 Å². The van der Waals surface area contributed by atoms with Crippen LogP contribution in [0, 0.1) is 0 Å². The van der Waals surface area contributed by atoms with Crippen molar-refractivity contribution in [2.75, 3.05) is 5.32 Å². The molecule has 2 aromatic rings. The Bertz CT molecular complexity index is 654. The maximum Gasteiger partial charge on any atom is 0.417 e. The minimum absolute atomic E-state index is 0.0141. The van der Waals surface area contributed by atoms with Crippen LogP contribution in [0.15, 0.2) is 39.6 Å². The van der Waals surface area contributed by atoms with Crippen LogP contribution in [0.2, 0.25) is 5.02 Å². The Morgan fingerprint density at radius 1 is 1.30 bits per heavy atom. The lowest BCUT2D eigenvalue weighted by Gasteiger charge is -2.11. The van der Waals surface area contributed by atoms with E-state index in [-0.39, 0.29) is 15.9 Å². The Labute approximate surface area is 124 Å². The summed E-state index contributed by atoms with van der Waals surface area (Å²) < 4.78 is 43.1. The molecule has 0 aliphatic carbocycles. The summed E-state index contributed by atoms with van der Waals surface area (Å²) in [5.74, 6) is -0.596. The number of alkyl halides is 3. The van der Waals surface area contributed by atoms with Crippen LogP contribution in [-0.4, -0.2) is 5.91 Å². The second-order valence-electron chi connectivity index (χ2n) is 3.75. The lowest BCUT2D eigenvalue weighted by molar-refractivity contribution is -0.137. The van der Waals surface area contributed by atoms with Crippen LogP contribution in [0.3, 0.4) is 0 Å². The van der Waals surface area contributed by atoms with Crippen LogP contribution in [0.25, 0.3) is 0 Å². The van der Waals surface area contributed by atoms with E-state index >= 15 is 0 Å². The van der Waals surface area contributed by atoms with Crippen molar-refractivity contribution < 1.29 is 22.4 Å². The van der Waals surface area contributed by atoms with E-state index in [0.717, 1.165) is 12.1 Å². The molecule has 0 radical (unpaired) electrons. The number of hydrogen-bond acceptors (Lipinski definition) is 2. The van der Waals surface area contributed by atoms with E-state index in [0.29, 0.717) is 0 Å². The van der Waals surface area contributed by atoms with Crippen LogP contribution >= 0.6 is 27.5 Å². The van der Waals surface area contributed by atoms with Gasteiger partial charge in [0.25, 0.3) is 5.91 Å². The molecule has 0 unspecified atom stereocenters. The van der Waals surface area contributed by atoms with Crippen molar-refractivity contribution in [3.63, 3.8) is 0 Å². The van der Waals surface area contributed by atoms with Crippen molar-refractivity contribution in [1.82, 2.24) is 0 Å². The molecule has 3 nitrogen and oxygen atoms in total. The van der Waals surface area contributed by atoms with E-state index in [9.17, 15) is 18.0 Å². The SMILES string of the molecule is O=C(Nc1ccc(Cl)c(C(F)(F)F)c1)c1ccoc1Br. The topological polar surface area (TPSA) is 42.2 Å². The van der Waals surface area contributed by atoms with Crippen molar-refractivity contribution in [1.29, 1.82) is 0 Å². The first-order chi connectivity index (χ1) is 9.29. The number of amides is 1. The number of furan rings is 1. The fraction of sp³-hybridized carbons (Fsp3) is 0.0833. The number of rotatable bonds is 2. The van der Waals surface area contributed by atoms with Gasteiger partial charge in [-0.1, -0.05) is 11.6 Å². The maximum absolute atomic E-state index is 12.7. The number of carbonyl (C=O) groups excluding carboxylic acids is 1. The first-order valence-electron chi connectivity index (χ1n) is 5.20. The highest BCUT2D eigenvalue weighted by Gasteiger charge is 2.33. The fourth-order valence-corrected chi connectivity index (χ4v) is 2.12. The van der Waals surface area contributed by atoms with Gasteiger partial charge >= 0.3 is 6.18 Å². The van der Waals surface area contributed by atoms with Gasteiger partial charge in [0.15, 0.2) is 4.67 Å². The molecule has 0 aliphatic rings. The van der Waals surface area contributed by atoms with Gasteiger partial charge < -0.3 is 9.73 Å². The third kappa shape index (κ3) is 3.16. The average Bonchev–Trinajstić information content (AvgIpc) is 2.76. The number of halogens is 5. The number of benzene rings is 1. The van der Waals surface area contributed by atoms with Crippen LogP contribution in [-0.2, 0) is 6.18 Å². The average molecular weight is 369 g/mol. The fourth-order valence-electron chi connectivity index (χ4n) is 1.47. The third-order valence-corrected chi connectivity index (χ3v) is 3.34. The molecule has 0 aliphatic heterocycles. The molecule has 0 bridgehead atoms. The number of anilines is 1. The van der Waals surface area contributed by atoms with Crippen LogP contribution in [0.5, 0.6) is 0 Å². The van der Waals surface area contributed by atoms with E-state index < -0.39 is 22.7 Å². The molecule has 0 spiro atoms. The lowest BCUT2D eigenvalue weighted by atomic mass is 10.2. The largest absolute Gasteiger partial charge is 0.457 e. The summed E-state index contributed by atoms with van der Waals surface area (Å²) in [6.45, 7) is 0. The predicted molar refractivity (Wildman–Crippen MR) is 70.8 cm³/mol. The first kappa shape index (κ1) is 14.9. The molecular formula is C12H6BrClF3NO2. The predicted octanol–water partition coefficient (Wildman–Crippen LogP) is 4.97. The first-order valence-corrected chi connectivity index (χ1v) is 6.37. The van der Waals surface area contributed by atoms with E-state index in [1.807, 2.05) is 0 Å². The normalized spacial score (nSPS) is 11.4. The molecule has 1 N–H and O–H groups in total. The summed E-state index contributed by atoms with van der Waals surface area (Å²) >= 11 is 8.50. The Hall–Kier alpha value is -1.47. The molecule has 106 valence electrons. The van der Waals surface area contributed by atoms with Crippen LogP contribution in [0.4, 0.5) is 18.9 Å². The van der Waals surface area contributed by atoms with Gasteiger partial charge in [0.05, 0.1) is 22.4 Å². The minimum Gasteiger partial charge on any atom is -0.457 e. The zero-order valence-electron chi connectivity index (χ0n) is 9.59. The minimum atomic E-state index is -4.59. The second kappa shape index (κ2) is 5.49. The summed E-state index contributed by atoms with van der Waals surface area (Å²) in [6, 6.07) is 4.52. The number of nitrogens with one attached hydrogen (secondary N) is 1. The van der Waals surface area contributed by atoms with Gasteiger partial charge in [-0.15, -0.1) is 0 Å². The molecule has 0 saturated heterocycles. The van der Waals surface area contributed by atoms with E-state index in [1.54, 1.807) is 0 Å². The monoisotopic (exact) mass is 367 g/mol. The van der Waals surface area contributed by atoms with E-state index in [4.69, 9.17) is 16.0 Å². The van der Waals surface area contributed by atoms with E-state index in [2.05, 4.69) is 21.2 Å². The highest BCUT2D eigenvalue weighted by molar-refractivity contribution is 9.10. The lowest BCUT2D eigenvalue weighted by Crippen LogP contribution is -2.13. The Morgan fingerprint density at radius 3 is 2.55 bits per heavy atom. The Kier molecular flexibility index (Phi) is 4.10. The summed E-state index contributed by atoms with van der Waals surface area (Å²) in [5, 5.41) is 1.91. The quantitative estimate of drug-likeness (QED) is 0.813. The summed E-state index contributed by atoms with van der Waals surface area (Å²) in [4.78, 5) is 11.8. The van der Waals surface area contributed by atoms with Crippen molar-refractivity contribution in [2.24, 2.45) is 0 Å². The van der Waals surface area contributed by atoms with Gasteiger partial charge in [-0.25, -0.2) is 0 Å². The molecule has 20 heavy (non-hydrogen) atoms. The molecule has 8 heteroatoms. The standard InChI is InChI=1S/C12H6BrClF3NO2/c13-10-7(3-4-20-10)11(19)18-6-1-2-9(14)8(5-6)12(15,16)17/h1-5H,(H,18,19). The van der Waals surface area contributed by atoms with Gasteiger partial charge in [-0.3, -0.25) is 4.79 Å². The second-order valence-corrected chi connectivity index (χ2v) is 4.88. The molecule has 0 atom stereocenters. The van der Waals surface area contributed by atoms with Crippen LogP contribution in [0.1, 0.15) is 15.9 Å². The van der Waals surface area contributed by atoms with Crippen LogP contribution < -0.4 is 5.32 Å². The summed E-state index contributed by atoms with van der Waals surface area (Å²) in [5.41, 5.74) is -0.850. The van der Waals surface area contributed by atoms with Crippen molar-refractivity contribution in [3.8, 4) is 0 Å². The van der Waals surface area contributed by atoms with Crippen molar-refractivity contribution in [2.45, 2.75) is 6.18 Å². The van der Waals surface area contributed by atoms with Gasteiger partial charge in [0.1, 0.15) is 0 Å². The Balaban J connectivity index is 2.27. The number of carbonyl (C=O) groups is 1. The molecule has 1 heterocycles. The third-order valence-electron chi connectivity index (χ3n) is 2.39. The molecule has 1 amide bonds. The highest BCUT2D eigenvalue weighted by Crippen LogP contribution is 2.36. The van der Waals surface area contributed by atoms with Gasteiger partial charge in [-0.2, -0.15) is 13.2 Å². The highest BCUT2D eigenvalue weighted by atomic mass is 79.9. The van der Waals surface area contributed by atoms with Gasteiger partial charge in [0, 0.05) is 5.69 Å². The molecule has 0 saturated carbocycles. The zero-order chi connectivity index (χ0) is 14.9. The summed E-state index contributed by atoms with van der Waals surface area (Å²) in [7, 11) is 0. The van der Waals surface area contributed by atoms with Crippen molar-refractivity contribution >= 4 is 39.1 Å². The van der Waals surface area contributed by atoms with Gasteiger partial charge in [-0.05, 0) is 40.2 Å². The van der Waals surface area contributed by atoms with Crippen molar-refractivity contribution in [3.05, 3.63) is 51.3 Å². The maximum atomic E-state index is 12.7. The Morgan fingerprint density at radius 2 is 2.00 bits per heavy atom. The number of hydrogen-bond donors (Lipinski definition) is 1. The summed E-state index contributed by atoms with van der Waals surface area (Å²) in [6.07, 6.45) is -3.31. The molecule has 0 fully saturated rings.